The van der Waals surface area contributed by atoms with Gasteiger partial charge in [0.2, 0.25) is 0 Å². The van der Waals surface area contributed by atoms with Gasteiger partial charge < -0.3 is 4.74 Å². The Hall–Kier alpha value is -2.34. The third-order valence-electron chi connectivity index (χ3n) is 2.96. The van der Waals surface area contributed by atoms with Crippen LogP contribution in [0.2, 0.25) is 0 Å². The quantitative estimate of drug-likeness (QED) is 0.922. The highest BCUT2D eigenvalue weighted by Gasteiger charge is 2.14. The number of amidine groups is 1. The SMILES string of the molecule is O=S1NC(Cc2ccc(OCc3ccccc3)cc2)=NO1. The fourth-order valence-electron chi connectivity index (χ4n) is 1.92. The predicted molar refractivity (Wildman–Crippen MR) is 80.7 cm³/mol. The third-order valence-corrected chi connectivity index (χ3v) is 3.57. The van der Waals surface area contributed by atoms with Crippen molar-refractivity contribution in [1.82, 2.24) is 4.72 Å². The van der Waals surface area contributed by atoms with Gasteiger partial charge in [-0.2, -0.15) is 4.21 Å². The first kappa shape index (κ1) is 13.6. The summed E-state index contributed by atoms with van der Waals surface area (Å²) < 4.78 is 23.9. The van der Waals surface area contributed by atoms with Gasteiger partial charge in [-0.25, -0.2) is 0 Å². The van der Waals surface area contributed by atoms with Gasteiger partial charge in [-0.05, 0) is 23.3 Å². The van der Waals surface area contributed by atoms with Gasteiger partial charge in [-0.15, -0.1) is 0 Å². The molecule has 3 rings (SSSR count). The lowest BCUT2D eigenvalue weighted by atomic mass is 10.1. The van der Waals surface area contributed by atoms with Crippen LogP contribution in [-0.2, 0) is 28.6 Å². The standard InChI is InChI=1S/C15H14N2O3S/c18-21-17-15(16-20-21)10-12-6-8-14(9-7-12)19-11-13-4-2-1-3-5-13/h1-9H,10-11H2,(H,16,17). The molecule has 1 aliphatic heterocycles. The van der Waals surface area contributed by atoms with Gasteiger partial charge in [0, 0.05) is 6.42 Å². The minimum atomic E-state index is -1.53. The average molecular weight is 302 g/mol. The zero-order chi connectivity index (χ0) is 14.5. The van der Waals surface area contributed by atoms with Gasteiger partial charge in [0.15, 0.2) is 5.84 Å². The van der Waals surface area contributed by atoms with Crippen molar-refractivity contribution in [3.8, 4) is 5.75 Å². The van der Waals surface area contributed by atoms with Crippen LogP contribution in [0.1, 0.15) is 11.1 Å². The maximum Gasteiger partial charge on any atom is 0.338 e. The van der Waals surface area contributed by atoms with Crippen LogP contribution < -0.4 is 9.46 Å². The summed E-state index contributed by atoms with van der Waals surface area (Å²) in [5, 5.41) is 3.68. The van der Waals surface area contributed by atoms with E-state index in [4.69, 9.17) is 4.74 Å². The van der Waals surface area contributed by atoms with Crippen LogP contribution in [0.25, 0.3) is 0 Å². The summed E-state index contributed by atoms with van der Waals surface area (Å²) in [5.41, 5.74) is 2.17. The normalized spacial score (nSPS) is 16.8. The second-order valence-electron chi connectivity index (χ2n) is 4.54. The minimum Gasteiger partial charge on any atom is -0.489 e. The van der Waals surface area contributed by atoms with Crippen LogP contribution in [0.5, 0.6) is 5.75 Å². The maximum absolute atomic E-state index is 11.0. The summed E-state index contributed by atoms with van der Waals surface area (Å²) in [5.74, 6) is 1.37. The fourth-order valence-corrected chi connectivity index (χ4v) is 2.42. The zero-order valence-corrected chi connectivity index (χ0v) is 12.0. The number of hydrogen-bond donors (Lipinski definition) is 1. The molecule has 0 bridgehead atoms. The summed E-state index contributed by atoms with van der Waals surface area (Å²) in [7, 11) is 0. The van der Waals surface area contributed by atoms with E-state index in [0.29, 0.717) is 18.9 Å². The highest BCUT2D eigenvalue weighted by Crippen LogP contribution is 2.15. The molecule has 0 saturated carbocycles. The van der Waals surface area contributed by atoms with Crippen molar-refractivity contribution >= 4 is 17.1 Å². The monoisotopic (exact) mass is 302 g/mol. The number of hydrogen-bond acceptors (Lipinski definition) is 4. The van der Waals surface area contributed by atoms with Crippen molar-refractivity contribution in [2.45, 2.75) is 13.0 Å². The number of nitrogens with one attached hydrogen (secondary N) is 1. The van der Waals surface area contributed by atoms with E-state index in [0.717, 1.165) is 16.9 Å². The number of ether oxygens (including phenoxy) is 1. The van der Waals surface area contributed by atoms with Crippen LogP contribution in [0.15, 0.2) is 59.8 Å². The predicted octanol–water partition coefficient (Wildman–Crippen LogP) is 2.32. The van der Waals surface area contributed by atoms with Crippen molar-refractivity contribution in [3.63, 3.8) is 0 Å². The molecule has 1 heterocycles. The maximum atomic E-state index is 11.0. The van der Waals surface area contributed by atoms with Crippen LogP contribution >= 0.6 is 0 Å². The first-order valence-electron chi connectivity index (χ1n) is 6.48. The van der Waals surface area contributed by atoms with Crippen LogP contribution in [-0.4, -0.2) is 10.0 Å². The molecule has 0 aromatic heterocycles. The van der Waals surface area contributed by atoms with E-state index in [1.807, 2.05) is 54.6 Å². The zero-order valence-electron chi connectivity index (χ0n) is 11.2. The summed E-state index contributed by atoms with van der Waals surface area (Å²) in [6.45, 7) is 0.543. The van der Waals surface area contributed by atoms with Crippen molar-refractivity contribution < 1.29 is 13.2 Å². The lowest BCUT2D eigenvalue weighted by Gasteiger charge is -2.07. The molecular formula is C15H14N2O3S. The van der Waals surface area contributed by atoms with Gasteiger partial charge in [0.25, 0.3) is 0 Å². The molecule has 21 heavy (non-hydrogen) atoms. The second-order valence-corrected chi connectivity index (χ2v) is 5.37. The number of oxime groups is 1. The molecule has 0 spiro atoms. The Kier molecular flexibility index (Phi) is 4.16. The van der Waals surface area contributed by atoms with E-state index in [1.165, 1.54) is 0 Å². The van der Waals surface area contributed by atoms with E-state index in [9.17, 15) is 4.21 Å². The summed E-state index contributed by atoms with van der Waals surface area (Å²) in [4.78, 5) is 0. The van der Waals surface area contributed by atoms with E-state index in [1.54, 1.807) is 0 Å². The summed E-state index contributed by atoms with van der Waals surface area (Å²) in [6.07, 6.45) is 0.546. The molecule has 2 aromatic rings. The number of benzene rings is 2. The van der Waals surface area contributed by atoms with E-state index in [2.05, 4.69) is 14.2 Å². The molecule has 1 aliphatic rings. The Morgan fingerprint density at radius 2 is 1.81 bits per heavy atom. The number of rotatable bonds is 5. The van der Waals surface area contributed by atoms with Crippen molar-refractivity contribution in [2.24, 2.45) is 5.16 Å². The first-order chi connectivity index (χ1) is 10.3. The average Bonchev–Trinajstić information content (AvgIpc) is 2.93. The molecule has 1 atom stereocenters. The third kappa shape index (κ3) is 3.82. The topological polar surface area (TPSA) is 59.9 Å². The molecule has 0 saturated heterocycles. The van der Waals surface area contributed by atoms with Crippen molar-refractivity contribution in [2.75, 3.05) is 0 Å². The van der Waals surface area contributed by atoms with Crippen molar-refractivity contribution in [1.29, 1.82) is 0 Å². The molecular weight excluding hydrogens is 288 g/mol. The smallest absolute Gasteiger partial charge is 0.338 e. The Balaban J connectivity index is 1.55. The molecule has 0 amide bonds. The van der Waals surface area contributed by atoms with E-state index >= 15 is 0 Å². The Bertz CT molecular complexity index is 656. The summed E-state index contributed by atoms with van der Waals surface area (Å²) in [6, 6.07) is 17.7. The molecule has 1 unspecified atom stereocenters. The Morgan fingerprint density at radius 3 is 2.48 bits per heavy atom. The molecule has 0 radical (unpaired) electrons. The highest BCUT2D eigenvalue weighted by atomic mass is 32.2. The van der Waals surface area contributed by atoms with Crippen molar-refractivity contribution in [3.05, 3.63) is 65.7 Å². The molecule has 5 nitrogen and oxygen atoms in total. The fraction of sp³-hybridized carbons (Fsp3) is 0.133. The van der Waals surface area contributed by atoms with Gasteiger partial charge in [-0.3, -0.25) is 9.01 Å². The Morgan fingerprint density at radius 1 is 1.05 bits per heavy atom. The van der Waals surface area contributed by atoms with Gasteiger partial charge in [-0.1, -0.05) is 47.6 Å². The largest absolute Gasteiger partial charge is 0.489 e. The van der Waals surface area contributed by atoms with Gasteiger partial charge in [0.05, 0.1) is 0 Å². The number of nitrogens with zero attached hydrogens (tertiary/aromatic N) is 1. The van der Waals surface area contributed by atoms with E-state index in [-0.39, 0.29) is 0 Å². The molecule has 6 heteroatoms. The van der Waals surface area contributed by atoms with Gasteiger partial charge >= 0.3 is 11.3 Å². The van der Waals surface area contributed by atoms with Crippen LogP contribution in [0.4, 0.5) is 0 Å². The Labute approximate surface area is 125 Å². The second kappa shape index (κ2) is 6.41. The molecule has 0 fully saturated rings. The van der Waals surface area contributed by atoms with Crippen LogP contribution in [0, 0.1) is 0 Å². The summed E-state index contributed by atoms with van der Waals surface area (Å²) >= 11 is -1.53. The van der Waals surface area contributed by atoms with E-state index < -0.39 is 11.3 Å². The molecule has 0 aliphatic carbocycles. The molecule has 108 valence electrons. The van der Waals surface area contributed by atoms with Gasteiger partial charge in [0.1, 0.15) is 12.4 Å². The molecule has 2 aromatic carbocycles. The van der Waals surface area contributed by atoms with Crippen LogP contribution in [0.3, 0.4) is 0 Å². The lowest BCUT2D eigenvalue weighted by Crippen LogP contribution is -2.21. The minimum absolute atomic E-state index is 0.543. The highest BCUT2D eigenvalue weighted by molar-refractivity contribution is 7.79. The molecule has 1 N–H and O–H groups in total. The lowest BCUT2D eigenvalue weighted by molar-refractivity contribution is 0.306. The first-order valence-corrected chi connectivity index (χ1v) is 7.55.